The monoisotopic (exact) mass is 432 g/mol. The molecule has 0 fully saturated rings. The quantitative estimate of drug-likeness (QED) is 0.516. The SMILES string of the molecule is CCC(C)c1ccc(S(=O)(=O)c2cc(C)c(Bc3c(C)cc(C)cc3C)c(C)c2)cc1. The molecule has 3 rings (SSSR count). The van der Waals surface area contributed by atoms with Gasteiger partial charge in [-0.2, -0.15) is 0 Å². The normalized spacial score (nSPS) is 12.6. The highest BCUT2D eigenvalue weighted by molar-refractivity contribution is 7.91. The summed E-state index contributed by atoms with van der Waals surface area (Å²) in [6.45, 7) is 14.8. The summed E-state index contributed by atoms with van der Waals surface area (Å²) in [7, 11) is -2.73. The third kappa shape index (κ3) is 4.80. The lowest BCUT2D eigenvalue weighted by Gasteiger charge is -2.16. The molecule has 0 spiro atoms. The van der Waals surface area contributed by atoms with Crippen LogP contribution in [0.15, 0.2) is 58.3 Å². The van der Waals surface area contributed by atoms with Crippen LogP contribution in [-0.2, 0) is 9.84 Å². The third-order valence-corrected chi connectivity index (χ3v) is 8.29. The van der Waals surface area contributed by atoms with Gasteiger partial charge < -0.3 is 0 Å². The van der Waals surface area contributed by atoms with Gasteiger partial charge in [0.2, 0.25) is 9.84 Å². The first-order valence-electron chi connectivity index (χ1n) is 11.1. The Hall–Kier alpha value is -2.33. The van der Waals surface area contributed by atoms with Gasteiger partial charge in [0.05, 0.1) is 9.79 Å². The Kier molecular flexibility index (Phi) is 6.81. The van der Waals surface area contributed by atoms with Crippen LogP contribution in [0.1, 0.15) is 59.6 Å². The van der Waals surface area contributed by atoms with E-state index in [0.717, 1.165) is 24.8 Å². The molecule has 0 aliphatic carbocycles. The average molecular weight is 432 g/mol. The standard InChI is InChI=1S/C27H33BO2S/c1-8-18(3)23-9-11-24(12-10-23)31(29,30)25-15-21(6)27(22(7)16-25)28-26-19(4)13-17(2)14-20(26)5/h9-16,18,28H,8H2,1-7H3. The molecule has 0 saturated heterocycles. The van der Waals surface area contributed by atoms with Crippen LogP contribution >= 0.6 is 0 Å². The summed E-state index contributed by atoms with van der Waals surface area (Å²) in [4.78, 5) is 0.733. The number of hydrogen-bond donors (Lipinski definition) is 0. The number of aryl methyl sites for hydroxylation is 5. The Morgan fingerprint density at radius 3 is 1.65 bits per heavy atom. The van der Waals surface area contributed by atoms with E-state index in [2.05, 4.69) is 46.8 Å². The number of sulfone groups is 1. The number of benzene rings is 3. The van der Waals surface area contributed by atoms with E-state index in [1.54, 1.807) is 12.1 Å². The molecule has 3 aromatic carbocycles. The molecule has 0 aliphatic rings. The zero-order valence-electron chi connectivity index (χ0n) is 19.8. The van der Waals surface area contributed by atoms with E-state index in [9.17, 15) is 8.42 Å². The molecule has 0 heterocycles. The minimum absolute atomic E-state index is 0.358. The lowest BCUT2D eigenvalue weighted by atomic mass is 9.58. The zero-order chi connectivity index (χ0) is 22.9. The van der Waals surface area contributed by atoms with E-state index in [1.165, 1.54) is 33.2 Å². The minimum Gasteiger partial charge on any atom is -0.219 e. The molecule has 0 N–H and O–H groups in total. The first-order chi connectivity index (χ1) is 14.5. The summed E-state index contributed by atoms with van der Waals surface area (Å²) < 4.78 is 26.6. The van der Waals surface area contributed by atoms with Gasteiger partial charge in [0.1, 0.15) is 0 Å². The van der Waals surface area contributed by atoms with Crippen molar-refractivity contribution in [3.05, 3.63) is 81.9 Å². The molecule has 31 heavy (non-hydrogen) atoms. The highest BCUT2D eigenvalue weighted by Gasteiger charge is 2.21. The van der Waals surface area contributed by atoms with Gasteiger partial charge in [0.25, 0.3) is 0 Å². The summed E-state index contributed by atoms with van der Waals surface area (Å²) in [6.07, 6.45) is 1.03. The largest absolute Gasteiger partial charge is 0.219 e. The maximum atomic E-state index is 13.3. The predicted octanol–water partition coefficient (Wildman–Crippen LogP) is 4.96. The topological polar surface area (TPSA) is 34.1 Å². The molecular weight excluding hydrogens is 399 g/mol. The maximum Gasteiger partial charge on any atom is 0.206 e. The van der Waals surface area contributed by atoms with Crippen molar-refractivity contribution >= 4 is 28.0 Å². The van der Waals surface area contributed by atoms with Crippen molar-refractivity contribution in [1.82, 2.24) is 0 Å². The molecule has 1 atom stereocenters. The fourth-order valence-corrected chi connectivity index (χ4v) is 5.83. The smallest absolute Gasteiger partial charge is 0.206 e. The zero-order valence-corrected chi connectivity index (χ0v) is 20.7. The van der Waals surface area contributed by atoms with Crippen molar-refractivity contribution in [3.63, 3.8) is 0 Å². The Labute approximate surface area is 188 Å². The van der Waals surface area contributed by atoms with Crippen LogP contribution in [0, 0.1) is 34.6 Å². The second kappa shape index (κ2) is 9.04. The van der Waals surface area contributed by atoms with Crippen LogP contribution in [0.5, 0.6) is 0 Å². The van der Waals surface area contributed by atoms with Crippen molar-refractivity contribution in [2.24, 2.45) is 0 Å². The van der Waals surface area contributed by atoms with Gasteiger partial charge in [-0.3, -0.25) is 0 Å². The molecular formula is C27H33BO2S. The first kappa shape index (κ1) is 23.3. The van der Waals surface area contributed by atoms with Gasteiger partial charge in [-0.15, -0.1) is 0 Å². The fraction of sp³-hybridized carbons (Fsp3) is 0.333. The predicted molar refractivity (Wildman–Crippen MR) is 134 cm³/mol. The van der Waals surface area contributed by atoms with Crippen LogP contribution in [0.4, 0.5) is 0 Å². The van der Waals surface area contributed by atoms with Crippen molar-refractivity contribution < 1.29 is 8.42 Å². The van der Waals surface area contributed by atoms with Crippen molar-refractivity contribution in [3.8, 4) is 0 Å². The van der Waals surface area contributed by atoms with Gasteiger partial charge in [-0.25, -0.2) is 8.42 Å². The highest BCUT2D eigenvalue weighted by atomic mass is 32.2. The first-order valence-corrected chi connectivity index (χ1v) is 12.5. The van der Waals surface area contributed by atoms with Crippen LogP contribution in [0.3, 0.4) is 0 Å². The summed E-state index contributed by atoms with van der Waals surface area (Å²) in [5, 5.41) is 0. The van der Waals surface area contributed by atoms with Crippen molar-refractivity contribution in [2.75, 3.05) is 0 Å². The Bertz CT molecular complexity index is 1160. The molecule has 4 heteroatoms. The summed E-state index contributed by atoms with van der Waals surface area (Å²) >= 11 is 0. The van der Waals surface area contributed by atoms with Gasteiger partial charge in [-0.1, -0.05) is 76.9 Å². The molecule has 1 unspecified atom stereocenters. The van der Waals surface area contributed by atoms with Crippen LogP contribution < -0.4 is 10.9 Å². The van der Waals surface area contributed by atoms with Crippen LogP contribution in [-0.4, -0.2) is 15.7 Å². The second-order valence-electron chi connectivity index (χ2n) is 8.97. The van der Waals surface area contributed by atoms with E-state index in [1.807, 2.05) is 38.1 Å². The Morgan fingerprint density at radius 1 is 0.742 bits per heavy atom. The van der Waals surface area contributed by atoms with Gasteiger partial charge in [0, 0.05) is 0 Å². The second-order valence-corrected chi connectivity index (χ2v) is 10.9. The molecule has 3 aromatic rings. The molecule has 0 saturated carbocycles. The fourth-order valence-electron chi connectivity index (χ4n) is 4.40. The number of rotatable bonds is 6. The van der Waals surface area contributed by atoms with Crippen LogP contribution in [0.25, 0.3) is 0 Å². The molecule has 162 valence electrons. The molecule has 0 bridgehead atoms. The lowest BCUT2D eigenvalue weighted by Crippen LogP contribution is -2.34. The highest BCUT2D eigenvalue weighted by Crippen LogP contribution is 2.25. The van der Waals surface area contributed by atoms with Gasteiger partial charge in [0.15, 0.2) is 7.28 Å². The molecule has 0 radical (unpaired) electrons. The lowest BCUT2D eigenvalue weighted by molar-refractivity contribution is 0.596. The molecule has 2 nitrogen and oxygen atoms in total. The van der Waals surface area contributed by atoms with E-state index >= 15 is 0 Å². The molecule has 0 aliphatic heterocycles. The molecule has 0 amide bonds. The minimum atomic E-state index is -3.54. The summed E-state index contributed by atoms with van der Waals surface area (Å²) in [5.74, 6) is 0.425. The van der Waals surface area contributed by atoms with Gasteiger partial charge in [-0.05, 0) is 76.8 Å². The Balaban J connectivity index is 1.98. The van der Waals surface area contributed by atoms with E-state index in [-0.39, 0.29) is 0 Å². The van der Waals surface area contributed by atoms with Crippen molar-refractivity contribution in [1.29, 1.82) is 0 Å². The van der Waals surface area contributed by atoms with E-state index in [0.29, 0.717) is 15.7 Å². The van der Waals surface area contributed by atoms with E-state index < -0.39 is 9.84 Å². The average Bonchev–Trinajstić information content (AvgIpc) is 2.71. The maximum absolute atomic E-state index is 13.3. The van der Waals surface area contributed by atoms with Gasteiger partial charge >= 0.3 is 0 Å². The third-order valence-electron chi connectivity index (χ3n) is 6.55. The summed E-state index contributed by atoms with van der Waals surface area (Å²) in [6, 6.07) is 15.5. The number of hydrogen-bond acceptors (Lipinski definition) is 2. The molecule has 0 aromatic heterocycles. The van der Waals surface area contributed by atoms with Crippen LogP contribution in [0.2, 0.25) is 0 Å². The van der Waals surface area contributed by atoms with E-state index in [4.69, 9.17) is 0 Å². The Morgan fingerprint density at radius 2 is 1.19 bits per heavy atom. The summed E-state index contributed by atoms with van der Waals surface area (Å²) in [5.41, 5.74) is 9.60. The van der Waals surface area contributed by atoms with Crippen molar-refractivity contribution in [2.45, 2.75) is 70.6 Å².